The average molecular weight is 596 g/mol. The highest BCUT2D eigenvalue weighted by Crippen LogP contribution is 2.26. The van der Waals surface area contributed by atoms with Crippen LogP contribution < -0.4 is 24.8 Å². The smallest absolute Gasteiger partial charge is 0.263 e. The normalized spacial score (nSPS) is 10.9. The number of benzene rings is 2. The number of thiocarbonyl (C=S) groups is 1. The van der Waals surface area contributed by atoms with E-state index in [2.05, 4.69) is 41.3 Å². The summed E-state index contributed by atoms with van der Waals surface area (Å²) >= 11 is 8.58. The highest BCUT2D eigenvalue weighted by atomic mass is 79.9. The third-order valence-corrected chi connectivity index (χ3v) is 6.67. The van der Waals surface area contributed by atoms with E-state index in [0.717, 1.165) is 0 Å². The molecule has 0 radical (unpaired) electrons. The molecule has 1 aromatic heterocycles. The average Bonchev–Trinajstić information content (AvgIpc) is 2.85. The minimum atomic E-state index is -3.90. The maximum Gasteiger partial charge on any atom is 0.263 e. The molecule has 0 aliphatic carbocycles. The second kappa shape index (κ2) is 12.6. The fraction of sp³-hybridized carbons (Fsp3) is 0.182. The summed E-state index contributed by atoms with van der Waals surface area (Å²) in [5, 5.41) is 5.46. The summed E-state index contributed by atoms with van der Waals surface area (Å²) in [4.78, 5) is 20.2. The van der Waals surface area contributed by atoms with E-state index in [4.69, 9.17) is 26.4 Å². The van der Waals surface area contributed by atoms with Crippen molar-refractivity contribution in [3.8, 4) is 11.6 Å². The molecule has 0 saturated carbocycles. The lowest BCUT2D eigenvalue weighted by atomic mass is 10.2. The van der Waals surface area contributed by atoms with Crippen LogP contribution >= 0.6 is 28.1 Å². The first-order valence-electron chi connectivity index (χ1n) is 10.2. The van der Waals surface area contributed by atoms with Crippen LogP contribution in [0.4, 0.5) is 11.5 Å². The summed E-state index contributed by atoms with van der Waals surface area (Å²) in [5.41, 5.74) is 0.838. The Bertz CT molecular complexity index is 1340. The Morgan fingerprint density at radius 2 is 1.81 bits per heavy atom. The summed E-state index contributed by atoms with van der Waals surface area (Å²) in [5.74, 6) is 0.429. The van der Waals surface area contributed by atoms with Crippen LogP contribution in [0.25, 0.3) is 0 Å². The molecular formula is C22H22BrN5O6S2. The lowest BCUT2D eigenvalue weighted by molar-refractivity contribution is 0.0977. The second-order valence-corrected chi connectivity index (χ2v) is 9.92. The molecule has 11 nitrogen and oxygen atoms in total. The van der Waals surface area contributed by atoms with Crippen molar-refractivity contribution in [3.05, 3.63) is 64.9 Å². The molecule has 0 unspecified atom stereocenters. The van der Waals surface area contributed by atoms with Gasteiger partial charge in [-0.1, -0.05) is 0 Å². The number of carbonyl (C=O) groups is 1. The van der Waals surface area contributed by atoms with Gasteiger partial charge in [-0.2, -0.15) is 0 Å². The molecule has 0 aliphatic heterocycles. The lowest BCUT2D eigenvalue weighted by Gasteiger charge is -2.12. The zero-order valence-corrected chi connectivity index (χ0v) is 22.4. The van der Waals surface area contributed by atoms with Crippen molar-refractivity contribution in [2.45, 2.75) is 4.90 Å². The van der Waals surface area contributed by atoms with Crippen LogP contribution in [0, 0.1) is 0 Å². The molecule has 190 valence electrons. The Labute approximate surface area is 221 Å². The van der Waals surface area contributed by atoms with Gasteiger partial charge in [-0.3, -0.25) is 14.8 Å². The Kier molecular flexibility index (Phi) is 9.52. The number of sulfonamides is 1. The SMILES string of the molecule is COCCOc1ccc(C(=O)NC(=S)Nc2ccc(S(=O)(=O)Nc3cc(OC)ncn3)cc2)cc1Br. The molecule has 36 heavy (non-hydrogen) atoms. The monoisotopic (exact) mass is 595 g/mol. The molecule has 1 heterocycles. The van der Waals surface area contributed by atoms with E-state index >= 15 is 0 Å². The molecule has 1 amide bonds. The van der Waals surface area contributed by atoms with Gasteiger partial charge in [-0.05, 0) is 70.6 Å². The number of halogens is 1. The number of ether oxygens (including phenoxy) is 3. The maximum absolute atomic E-state index is 12.6. The number of rotatable bonds is 10. The van der Waals surface area contributed by atoms with Crippen LogP contribution in [0.2, 0.25) is 0 Å². The zero-order chi connectivity index (χ0) is 26.1. The molecule has 14 heteroatoms. The van der Waals surface area contributed by atoms with Crippen molar-refractivity contribution in [2.75, 3.05) is 37.5 Å². The van der Waals surface area contributed by atoms with Gasteiger partial charge in [0, 0.05) is 24.4 Å². The number of amides is 1. The van der Waals surface area contributed by atoms with E-state index in [1.807, 2.05) is 0 Å². The van der Waals surface area contributed by atoms with Gasteiger partial charge in [0.15, 0.2) is 5.11 Å². The van der Waals surface area contributed by atoms with Crippen LogP contribution in [-0.2, 0) is 14.8 Å². The molecule has 3 N–H and O–H groups in total. The third-order valence-electron chi connectivity index (χ3n) is 4.48. The quantitative estimate of drug-likeness (QED) is 0.236. The molecule has 3 rings (SSSR count). The Morgan fingerprint density at radius 3 is 2.47 bits per heavy atom. The van der Waals surface area contributed by atoms with Crippen molar-refractivity contribution >= 4 is 60.7 Å². The van der Waals surface area contributed by atoms with Crippen LogP contribution in [0.3, 0.4) is 0 Å². The van der Waals surface area contributed by atoms with Gasteiger partial charge in [0.05, 0.1) is 23.1 Å². The summed E-state index contributed by atoms with van der Waals surface area (Å²) in [6, 6.07) is 12.0. The van der Waals surface area contributed by atoms with Crippen molar-refractivity contribution in [2.24, 2.45) is 0 Å². The van der Waals surface area contributed by atoms with E-state index in [0.29, 0.717) is 34.7 Å². The number of hydrogen-bond acceptors (Lipinski definition) is 9. The zero-order valence-electron chi connectivity index (χ0n) is 19.1. The molecule has 0 spiro atoms. The minimum Gasteiger partial charge on any atom is -0.490 e. The number of hydrogen-bond donors (Lipinski definition) is 3. The number of nitrogens with zero attached hydrogens (tertiary/aromatic N) is 2. The van der Waals surface area contributed by atoms with Crippen molar-refractivity contribution in [1.82, 2.24) is 15.3 Å². The lowest BCUT2D eigenvalue weighted by Crippen LogP contribution is -2.34. The molecule has 0 aliphatic rings. The Hall–Kier alpha value is -3.33. The minimum absolute atomic E-state index is 0.00163. The Balaban J connectivity index is 1.58. The molecular weight excluding hydrogens is 574 g/mol. The summed E-state index contributed by atoms with van der Waals surface area (Å²) in [6.07, 6.45) is 1.18. The molecule has 3 aromatic rings. The van der Waals surface area contributed by atoms with E-state index in [1.165, 1.54) is 43.8 Å². The fourth-order valence-electron chi connectivity index (χ4n) is 2.75. The van der Waals surface area contributed by atoms with E-state index in [9.17, 15) is 13.2 Å². The van der Waals surface area contributed by atoms with E-state index in [1.54, 1.807) is 25.3 Å². The number of aromatic nitrogens is 2. The van der Waals surface area contributed by atoms with Crippen molar-refractivity contribution in [3.63, 3.8) is 0 Å². The highest BCUT2D eigenvalue weighted by molar-refractivity contribution is 9.10. The first-order chi connectivity index (χ1) is 17.2. The van der Waals surface area contributed by atoms with Crippen molar-refractivity contribution in [1.29, 1.82) is 0 Å². The maximum atomic E-state index is 12.6. The van der Waals surface area contributed by atoms with E-state index < -0.39 is 15.9 Å². The predicted molar refractivity (Wildman–Crippen MR) is 141 cm³/mol. The van der Waals surface area contributed by atoms with Gasteiger partial charge >= 0.3 is 0 Å². The fourth-order valence-corrected chi connectivity index (χ4v) is 4.46. The van der Waals surface area contributed by atoms with Gasteiger partial charge in [0.25, 0.3) is 15.9 Å². The molecule has 2 aromatic carbocycles. The highest BCUT2D eigenvalue weighted by Gasteiger charge is 2.16. The first kappa shape index (κ1) is 27.3. The van der Waals surface area contributed by atoms with Gasteiger partial charge in [-0.15, -0.1) is 0 Å². The van der Waals surface area contributed by atoms with Crippen LogP contribution in [0.15, 0.2) is 64.2 Å². The largest absolute Gasteiger partial charge is 0.490 e. The summed E-state index contributed by atoms with van der Waals surface area (Å²) in [6.45, 7) is 0.815. The summed E-state index contributed by atoms with van der Waals surface area (Å²) < 4.78 is 43.7. The summed E-state index contributed by atoms with van der Waals surface area (Å²) in [7, 11) is -0.911. The third kappa shape index (κ3) is 7.58. The number of nitrogens with one attached hydrogen (secondary N) is 3. The van der Waals surface area contributed by atoms with Crippen LogP contribution in [-0.4, -0.2) is 56.8 Å². The predicted octanol–water partition coefficient (Wildman–Crippen LogP) is 3.20. The second-order valence-electron chi connectivity index (χ2n) is 6.97. The van der Waals surface area contributed by atoms with Crippen LogP contribution in [0.5, 0.6) is 11.6 Å². The molecule has 0 fully saturated rings. The Morgan fingerprint density at radius 1 is 1.06 bits per heavy atom. The van der Waals surface area contributed by atoms with Gasteiger partial charge < -0.3 is 19.5 Å². The molecule has 0 bridgehead atoms. The van der Waals surface area contributed by atoms with Gasteiger partial charge in [0.2, 0.25) is 5.88 Å². The topological polar surface area (TPSA) is 141 Å². The van der Waals surface area contributed by atoms with Gasteiger partial charge in [0.1, 0.15) is 24.5 Å². The molecule has 0 atom stereocenters. The molecule has 0 saturated heterocycles. The van der Waals surface area contributed by atoms with E-state index in [-0.39, 0.29) is 21.7 Å². The van der Waals surface area contributed by atoms with Crippen LogP contribution in [0.1, 0.15) is 10.4 Å². The van der Waals surface area contributed by atoms with Gasteiger partial charge in [-0.25, -0.2) is 18.4 Å². The van der Waals surface area contributed by atoms with Crippen molar-refractivity contribution < 1.29 is 27.4 Å². The number of carbonyl (C=O) groups excluding carboxylic acids is 1. The number of anilines is 2. The number of methoxy groups -OCH3 is 2. The first-order valence-corrected chi connectivity index (χ1v) is 12.9. The standard InChI is InChI=1S/C22H22BrN5O6S2/c1-32-9-10-34-18-8-3-14(11-17(18)23)21(29)27-22(35)26-15-4-6-16(7-5-15)36(30,31)28-19-12-20(33-2)25-13-24-19/h3-8,11-13H,9-10H2,1-2H3,(H,24,25,28)(H2,26,27,29,35).